The summed E-state index contributed by atoms with van der Waals surface area (Å²) in [7, 11) is 0. The van der Waals surface area contributed by atoms with Crippen LogP contribution in [0.2, 0.25) is 0 Å². The molecule has 5 nitrogen and oxygen atoms in total. The van der Waals surface area contributed by atoms with Gasteiger partial charge >= 0.3 is 0 Å². The molecule has 2 heterocycles. The minimum atomic E-state index is 0.154. The molecule has 1 aliphatic heterocycles. The van der Waals surface area contributed by atoms with E-state index in [1.807, 2.05) is 18.2 Å². The zero-order valence-corrected chi connectivity index (χ0v) is 12.8. The first kappa shape index (κ1) is 15.8. The van der Waals surface area contributed by atoms with Crippen molar-refractivity contribution < 1.29 is 4.79 Å². The van der Waals surface area contributed by atoms with Crippen LogP contribution >= 0.6 is 0 Å². The molecule has 1 fully saturated rings. The number of pyridine rings is 1. The molecule has 1 aliphatic rings. The van der Waals surface area contributed by atoms with Crippen LogP contribution in [0.4, 0.5) is 5.82 Å². The van der Waals surface area contributed by atoms with Crippen LogP contribution in [0.25, 0.3) is 0 Å². The summed E-state index contributed by atoms with van der Waals surface area (Å²) in [6.07, 6.45) is 5.11. The van der Waals surface area contributed by atoms with E-state index in [9.17, 15) is 4.79 Å². The van der Waals surface area contributed by atoms with Gasteiger partial charge in [0.2, 0.25) is 5.91 Å². The van der Waals surface area contributed by atoms with E-state index in [0.717, 1.165) is 51.3 Å². The zero-order chi connectivity index (χ0) is 14.9. The predicted octanol–water partition coefficient (Wildman–Crippen LogP) is 1.73. The Balaban J connectivity index is 1.63. The Hall–Kier alpha value is -1.62. The lowest BCUT2D eigenvalue weighted by Gasteiger charge is -2.16. The molecule has 0 bridgehead atoms. The van der Waals surface area contributed by atoms with Crippen LogP contribution in [0.5, 0.6) is 0 Å². The number of carbonyl (C=O) groups is 1. The van der Waals surface area contributed by atoms with Crippen LogP contribution in [0.1, 0.15) is 26.2 Å². The molecule has 1 atom stereocenters. The molecule has 0 spiro atoms. The normalized spacial score (nSPS) is 18.6. The Bertz CT molecular complexity index is 424. The van der Waals surface area contributed by atoms with Crippen LogP contribution in [0, 0.1) is 5.92 Å². The van der Waals surface area contributed by atoms with Gasteiger partial charge in [0.25, 0.3) is 0 Å². The predicted molar refractivity (Wildman–Crippen MR) is 85.2 cm³/mol. The first-order chi connectivity index (χ1) is 10.3. The Labute approximate surface area is 127 Å². The SMILES string of the molecule is CCCCNC(=O)CN1CC[C@H](CNc2ccccn2)C1. The summed E-state index contributed by atoms with van der Waals surface area (Å²) in [5.74, 6) is 1.67. The van der Waals surface area contributed by atoms with E-state index >= 15 is 0 Å². The first-order valence-corrected chi connectivity index (χ1v) is 7.92. The summed E-state index contributed by atoms with van der Waals surface area (Å²) in [4.78, 5) is 18.3. The number of anilines is 1. The number of amides is 1. The number of aromatic nitrogens is 1. The molecule has 21 heavy (non-hydrogen) atoms. The maximum atomic E-state index is 11.8. The highest BCUT2D eigenvalue weighted by molar-refractivity contribution is 5.78. The second-order valence-corrected chi connectivity index (χ2v) is 5.69. The van der Waals surface area contributed by atoms with Gasteiger partial charge in [-0.15, -0.1) is 0 Å². The average molecular weight is 290 g/mol. The van der Waals surface area contributed by atoms with E-state index in [4.69, 9.17) is 0 Å². The summed E-state index contributed by atoms with van der Waals surface area (Å²) >= 11 is 0. The molecule has 1 aromatic rings. The summed E-state index contributed by atoms with van der Waals surface area (Å²) < 4.78 is 0. The molecule has 5 heteroatoms. The van der Waals surface area contributed by atoms with Crippen molar-refractivity contribution in [3.8, 4) is 0 Å². The molecule has 116 valence electrons. The highest BCUT2D eigenvalue weighted by Crippen LogP contribution is 2.16. The molecule has 0 unspecified atom stereocenters. The largest absolute Gasteiger partial charge is 0.370 e. The molecular weight excluding hydrogens is 264 g/mol. The minimum absolute atomic E-state index is 0.154. The number of likely N-dealkylation sites (tertiary alicyclic amines) is 1. The lowest BCUT2D eigenvalue weighted by molar-refractivity contribution is -0.122. The third-order valence-corrected chi connectivity index (χ3v) is 3.83. The van der Waals surface area contributed by atoms with E-state index < -0.39 is 0 Å². The van der Waals surface area contributed by atoms with Crippen LogP contribution in [-0.2, 0) is 4.79 Å². The molecule has 0 saturated carbocycles. The van der Waals surface area contributed by atoms with E-state index in [-0.39, 0.29) is 5.91 Å². The van der Waals surface area contributed by atoms with Gasteiger partial charge in [0.05, 0.1) is 6.54 Å². The van der Waals surface area contributed by atoms with Crippen molar-refractivity contribution in [2.75, 3.05) is 38.0 Å². The molecule has 0 aromatic carbocycles. The minimum Gasteiger partial charge on any atom is -0.370 e. The molecule has 2 rings (SSSR count). The Kier molecular flexibility index (Phi) is 6.47. The number of nitrogens with one attached hydrogen (secondary N) is 2. The van der Waals surface area contributed by atoms with Crippen molar-refractivity contribution in [2.24, 2.45) is 5.92 Å². The third-order valence-electron chi connectivity index (χ3n) is 3.83. The Morgan fingerprint density at radius 3 is 3.14 bits per heavy atom. The van der Waals surface area contributed by atoms with E-state index in [1.165, 1.54) is 0 Å². The Morgan fingerprint density at radius 1 is 1.48 bits per heavy atom. The summed E-state index contributed by atoms with van der Waals surface area (Å²) in [5.41, 5.74) is 0. The smallest absolute Gasteiger partial charge is 0.234 e. The monoisotopic (exact) mass is 290 g/mol. The van der Waals surface area contributed by atoms with Gasteiger partial charge in [0, 0.05) is 25.8 Å². The lowest BCUT2D eigenvalue weighted by Crippen LogP contribution is -2.36. The molecule has 1 saturated heterocycles. The number of hydrogen-bond acceptors (Lipinski definition) is 4. The average Bonchev–Trinajstić information content (AvgIpc) is 2.94. The number of rotatable bonds is 8. The van der Waals surface area contributed by atoms with Gasteiger partial charge in [-0.2, -0.15) is 0 Å². The highest BCUT2D eigenvalue weighted by atomic mass is 16.2. The van der Waals surface area contributed by atoms with Gasteiger partial charge < -0.3 is 10.6 Å². The van der Waals surface area contributed by atoms with E-state index in [2.05, 4.69) is 27.4 Å². The third kappa shape index (κ3) is 5.71. The van der Waals surface area contributed by atoms with Crippen LogP contribution in [0.15, 0.2) is 24.4 Å². The molecule has 1 aromatic heterocycles. The van der Waals surface area contributed by atoms with Crippen LogP contribution < -0.4 is 10.6 Å². The number of carbonyl (C=O) groups excluding carboxylic acids is 1. The van der Waals surface area contributed by atoms with Gasteiger partial charge in [0.15, 0.2) is 0 Å². The van der Waals surface area contributed by atoms with Crippen LogP contribution in [0.3, 0.4) is 0 Å². The molecule has 2 N–H and O–H groups in total. The van der Waals surface area contributed by atoms with Gasteiger partial charge in [0.1, 0.15) is 5.82 Å². The zero-order valence-electron chi connectivity index (χ0n) is 12.8. The van der Waals surface area contributed by atoms with Gasteiger partial charge in [-0.05, 0) is 37.4 Å². The molecule has 1 amide bonds. The quantitative estimate of drug-likeness (QED) is 0.716. The number of nitrogens with zero attached hydrogens (tertiary/aromatic N) is 2. The number of hydrogen-bond donors (Lipinski definition) is 2. The van der Waals surface area contributed by atoms with E-state index in [1.54, 1.807) is 6.20 Å². The van der Waals surface area contributed by atoms with Crippen LogP contribution in [-0.4, -0.2) is 48.5 Å². The van der Waals surface area contributed by atoms with Crippen molar-refractivity contribution >= 4 is 11.7 Å². The fourth-order valence-electron chi connectivity index (χ4n) is 2.60. The second-order valence-electron chi connectivity index (χ2n) is 5.69. The maximum absolute atomic E-state index is 11.8. The lowest BCUT2D eigenvalue weighted by atomic mass is 10.1. The number of unbranched alkanes of at least 4 members (excludes halogenated alkanes) is 1. The highest BCUT2D eigenvalue weighted by Gasteiger charge is 2.23. The van der Waals surface area contributed by atoms with E-state index in [0.29, 0.717) is 12.5 Å². The topological polar surface area (TPSA) is 57.3 Å². The van der Waals surface area contributed by atoms with Gasteiger partial charge in [-0.1, -0.05) is 19.4 Å². The molecule has 0 radical (unpaired) electrons. The maximum Gasteiger partial charge on any atom is 0.234 e. The van der Waals surface area contributed by atoms with Crippen molar-refractivity contribution in [2.45, 2.75) is 26.2 Å². The molecule has 0 aliphatic carbocycles. The fraction of sp³-hybridized carbons (Fsp3) is 0.625. The Morgan fingerprint density at radius 2 is 2.38 bits per heavy atom. The fourth-order valence-corrected chi connectivity index (χ4v) is 2.60. The standard InChI is InChI=1S/C16H26N4O/c1-2-3-8-18-16(21)13-20-10-7-14(12-20)11-19-15-6-4-5-9-17-15/h4-6,9,14H,2-3,7-8,10-13H2,1H3,(H,17,19)(H,18,21)/t14-/m1/s1. The van der Waals surface area contributed by atoms with Crippen molar-refractivity contribution in [1.82, 2.24) is 15.2 Å². The van der Waals surface area contributed by atoms with Crippen molar-refractivity contribution in [3.05, 3.63) is 24.4 Å². The summed E-state index contributed by atoms with van der Waals surface area (Å²) in [5, 5.41) is 6.34. The molecular formula is C16H26N4O. The van der Waals surface area contributed by atoms with Gasteiger partial charge in [-0.25, -0.2) is 4.98 Å². The second kappa shape index (κ2) is 8.62. The summed E-state index contributed by atoms with van der Waals surface area (Å²) in [6.45, 7) is 6.38. The first-order valence-electron chi connectivity index (χ1n) is 7.92. The van der Waals surface area contributed by atoms with Crippen molar-refractivity contribution in [3.63, 3.8) is 0 Å². The summed E-state index contributed by atoms with van der Waals surface area (Å²) in [6, 6.07) is 5.88. The van der Waals surface area contributed by atoms with Gasteiger partial charge in [-0.3, -0.25) is 9.69 Å². The van der Waals surface area contributed by atoms with Crippen molar-refractivity contribution in [1.29, 1.82) is 0 Å².